The fraction of sp³-hybridized carbons (Fsp3) is 0.586. The quantitative estimate of drug-likeness (QED) is 0.493. The van der Waals surface area contributed by atoms with Crippen molar-refractivity contribution in [2.75, 3.05) is 10.6 Å². The van der Waals surface area contributed by atoms with Crippen molar-refractivity contribution in [2.45, 2.75) is 98.3 Å². The Kier molecular flexibility index (Phi) is 7.37. The van der Waals surface area contributed by atoms with Gasteiger partial charge in [-0.25, -0.2) is 9.00 Å². The summed E-state index contributed by atoms with van der Waals surface area (Å²) in [6.45, 7) is 14.5. The Morgan fingerprint density at radius 2 is 1.78 bits per heavy atom. The summed E-state index contributed by atoms with van der Waals surface area (Å²) < 4.78 is 21.2. The van der Waals surface area contributed by atoms with E-state index in [9.17, 15) is 14.1 Å². The smallest absolute Gasteiger partial charge is 0.337 e. The summed E-state index contributed by atoms with van der Waals surface area (Å²) in [4.78, 5) is 17.5. The Morgan fingerprint density at radius 1 is 1.14 bits per heavy atom. The van der Waals surface area contributed by atoms with Gasteiger partial charge in [-0.05, 0) is 89.0 Å². The highest BCUT2D eigenvalue weighted by molar-refractivity contribution is 7.85. The highest BCUT2D eigenvalue weighted by atomic mass is 32.2. The van der Waals surface area contributed by atoms with Gasteiger partial charge in [-0.2, -0.15) is 0 Å². The van der Waals surface area contributed by atoms with Crippen LogP contribution in [0.25, 0.3) is 11.1 Å². The summed E-state index contributed by atoms with van der Waals surface area (Å²) in [5.41, 5.74) is 7.90. The average Bonchev–Trinajstić information content (AvgIpc) is 2.78. The minimum atomic E-state index is -1.31. The molecule has 0 bridgehead atoms. The maximum Gasteiger partial charge on any atom is 0.337 e. The summed E-state index contributed by atoms with van der Waals surface area (Å²) in [5.74, 6) is -0.0545. The third kappa shape index (κ3) is 4.97. The first-order valence-corrected chi connectivity index (χ1v) is 14.5. The predicted molar refractivity (Wildman–Crippen MR) is 146 cm³/mol. The van der Waals surface area contributed by atoms with Crippen LogP contribution in [-0.4, -0.2) is 32.1 Å². The molecule has 1 aliphatic carbocycles. The molecule has 0 radical (unpaired) electrons. The van der Waals surface area contributed by atoms with Crippen molar-refractivity contribution < 1.29 is 18.8 Å². The first-order chi connectivity index (χ1) is 16.8. The predicted octanol–water partition coefficient (Wildman–Crippen LogP) is 6.52. The number of rotatable bonds is 5. The highest BCUT2D eigenvalue weighted by Crippen LogP contribution is 2.51. The number of anilines is 1. The van der Waals surface area contributed by atoms with E-state index in [1.165, 1.54) is 0 Å². The van der Waals surface area contributed by atoms with Crippen LogP contribution in [0.5, 0.6) is 0 Å². The van der Waals surface area contributed by atoms with Crippen molar-refractivity contribution in [3.8, 4) is 11.1 Å². The van der Waals surface area contributed by atoms with Crippen molar-refractivity contribution >= 4 is 22.6 Å². The van der Waals surface area contributed by atoms with Crippen LogP contribution in [0.4, 0.5) is 5.69 Å². The molecule has 2 aliphatic rings. The van der Waals surface area contributed by atoms with Gasteiger partial charge in [-0.1, -0.05) is 25.8 Å². The Hall–Kier alpha value is -2.25. The fourth-order valence-electron chi connectivity index (χ4n) is 6.06. The van der Waals surface area contributed by atoms with Crippen molar-refractivity contribution in [1.29, 1.82) is 0 Å². The number of nitrogens with zero attached hydrogens (tertiary/aromatic N) is 2. The van der Waals surface area contributed by atoms with Gasteiger partial charge >= 0.3 is 5.97 Å². The summed E-state index contributed by atoms with van der Waals surface area (Å²) in [5, 5.41) is 10.4. The van der Waals surface area contributed by atoms with Crippen molar-refractivity contribution in [3.63, 3.8) is 0 Å². The number of aliphatic carboxylic acids is 1. The fourth-order valence-corrected chi connectivity index (χ4v) is 6.85. The largest absolute Gasteiger partial charge is 0.479 e. The number of fused-ring (bicyclic) bond motifs is 3. The lowest BCUT2D eigenvalue weighted by atomic mass is 9.72. The third-order valence-electron chi connectivity index (χ3n) is 7.68. The standard InChI is InChI=1S/C29H40N2O4S/c1-16-9-12-20(13-10-16)23-18(3)24-21-14-11-17(2)30-22(21)15-31(36(8)34)26(24)19(4)25(23)27(28(32)33)35-29(5,6)7/h11,14,16,20,27H,9-10,12-13,15H2,1-8H3,(H,32,33)/t16?,20?,27-,36?/m0/s1. The molecule has 1 fully saturated rings. The molecule has 6 nitrogen and oxygen atoms in total. The molecule has 0 amide bonds. The van der Waals surface area contributed by atoms with Crippen molar-refractivity contribution in [2.24, 2.45) is 5.92 Å². The van der Waals surface area contributed by atoms with Gasteiger partial charge in [0, 0.05) is 28.6 Å². The summed E-state index contributed by atoms with van der Waals surface area (Å²) in [6.07, 6.45) is 4.87. The molecule has 36 heavy (non-hydrogen) atoms. The lowest BCUT2D eigenvalue weighted by molar-refractivity contribution is -0.160. The SMILES string of the molecule is Cc1ccc2c(n1)CN(S(C)=O)c1c(C)c([C@H](OC(C)(C)C)C(=O)O)c(C3CCC(C)CC3)c(C)c1-2. The maximum atomic E-state index is 13.0. The number of aromatic nitrogens is 1. The first kappa shape index (κ1) is 26.8. The number of carboxylic acids is 1. The van der Waals surface area contributed by atoms with Gasteiger partial charge < -0.3 is 9.84 Å². The van der Waals surface area contributed by atoms with Crippen LogP contribution in [0.2, 0.25) is 0 Å². The second-order valence-electron chi connectivity index (χ2n) is 11.6. The minimum Gasteiger partial charge on any atom is -0.479 e. The summed E-state index contributed by atoms with van der Waals surface area (Å²) in [6, 6.07) is 4.14. The number of aryl methyl sites for hydroxylation is 1. The van der Waals surface area contributed by atoms with E-state index in [-0.39, 0.29) is 5.92 Å². The average molecular weight is 513 g/mol. The zero-order valence-electron chi connectivity index (χ0n) is 22.9. The zero-order valence-corrected chi connectivity index (χ0v) is 23.7. The minimum absolute atomic E-state index is 0.259. The van der Waals surface area contributed by atoms with E-state index in [1.54, 1.807) is 6.26 Å². The van der Waals surface area contributed by atoms with Crippen LogP contribution in [0.15, 0.2) is 12.1 Å². The van der Waals surface area contributed by atoms with Crippen LogP contribution in [0.1, 0.15) is 99.0 Å². The Balaban J connectivity index is 2.08. The molecule has 1 unspecified atom stereocenters. The zero-order chi connectivity index (χ0) is 26.5. The van der Waals surface area contributed by atoms with Crippen molar-refractivity contribution in [3.05, 3.63) is 45.8 Å². The molecule has 1 aromatic heterocycles. The second-order valence-corrected chi connectivity index (χ2v) is 12.9. The number of hydrogen-bond donors (Lipinski definition) is 1. The maximum absolute atomic E-state index is 13.0. The second kappa shape index (κ2) is 9.90. The molecule has 1 saturated carbocycles. The Labute approximate surface area is 218 Å². The normalized spacial score (nSPS) is 21.5. The molecule has 1 aromatic carbocycles. The number of benzene rings is 1. The van der Waals surface area contributed by atoms with Gasteiger partial charge in [0.15, 0.2) is 6.10 Å². The molecule has 2 atom stereocenters. The lowest BCUT2D eigenvalue weighted by Crippen LogP contribution is -2.33. The Bertz CT molecular complexity index is 1210. The van der Waals surface area contributed by atoms with Crippen LogP contribution < -0.4 is 4.31 Å². The highest BCUT2D eigenvalue weighted by Gasteiger charge is 2.39. The number of carbonyl (C=O) groups is 1. The monoisotopic (exact) mass is 512 g/mol. The Morgan fingerprint density at radius 3 is 2.33 bits per heavy atom. The van der Waals surface area contributed by atoms with Crippen LogP contribution in [0.3, 0.4) is 0 Å². The molecule has 1 aliphatic heterocycles. The van der Waals surface area contributed by atoms with Crippen LogP contribution >= 0.6 is 0 Å². The van der Waals surface area contributed by atoms with E-state index in [2.05, 4.69) is 19.9 Å². The summed E-state index contributed by atoms with van der Waals surface area (Å²) in [7, 11) is -1.31. The molecular formula is C29H40N2O4S. The van der Waals surface area contributed by atoms with Crippen molar-refractivity contribution in [1.82, 2.24) is 4.98 Å². The molecular weight excluding hydrogens is 472 g/mol. The summed E-state index contributed by atoms with van der Waals surface area (Å²) >= 11 is 0. The van der Waals surface area contributed by atoms with Gasteiger partial charge in [0.2, 0.25) is 0 Å². The van der Waals surface area contributed by atoms with Gasteiger partial charge in [-0.15, -0.1) is 0 Å². The first-order valence-electron chi connectivity index (χ1n) is 13.0. The van der Waals surface area contributed by atoms with Gasteiger partial charge in [0.05, 0.1) is 23.5 Å². The van der Waals surface area contributed by atoms with E-state index < -0.39 is 28.7 Å². The van der Waals surface area contributed by atoms with E-state index in [4.69, 9.17) is 9.72 Å². The van der Waals surface area contributed by atoms with Crippen LogP contribution in [0, 0.1) is 26.7 Å². The lowest BCUT2D eigenvalue weighted by Gasteiger charge is -2.39. The number of hydrogen-bond acceptors (Lipinski definition) is 4. The molecule has 7 heteroatoms. The molecule has 0 spiro atoms. The molecule has 4 rings (SSSR count). The third-order valence-corrected chi connectivity index (χ3v) is 8.62. The molecule has 1 N–H and O–H groups in total. The van der Waals surface area contributed by atoms with Gasteiger partial charge in [0.25, 0.3) is 0 Å². The number of carboxylic acid groups (broad SMARTS) is 1. The molecule has 2 heterocycles. The van der Waals surface area contributed by atoms with E-state index >= 15 is 0 Å². The van der Waals surface area contributed by atoms with Gasteiger partial charge in [-0.3, -0.25) is 9.29 Å². The van der Waals surface area contributed by atoms with E-state index in [0.717, 1.165) is 76.1 Å². The number of pyridine rings is 1. The topological polar surface area (TPSA) is 79.7 Å². The van der Waals surface area contributed by atoms with E-state index in [0.29, 0.717) is 12.5 Å². The molecule has 0 saturated heterocycles. The molecule has 2 aromatic rings. The van der Waals surface area contributed by atoms with Crippen LogP contribution in [-0.2, 0) is 27.1 Å². The van der Waals surface area contributed by atoms with Gasteiger partial charge in [0.1, 0.15) is 11.0 Å². The molecule has 196 valence electrons. The van der Waals surface area contributed by atoms with E-state index in [1.807, 2.05) is 45.0 Å². The number of ether oxygens (including phenoxy) is 1.